The first-order valence-electron chi connectivity index (χ1n) is 5.17. The Morgan fingerprint density at radius 3 is 2.69 bits per heavy atom. The summed E-state index contributed by atoms with van der Waals surface area (Å²) in [6, 6.07) is 1.52. The third kappa shape index (κ3) is 2.29. The van der Waals surface area contributed by atoms with Crippen molar-refractivity contribution in [2.75, 3.05) is 0 Å². The molecule has 16 heavy (non-hydrogen) atoms. The van der Waals surface area contributed by atoms with Gasteiger partial charge in [0, 0.05) is 15.8 Å². The van der Waals surface area contributed by atoms with Crippen LogP contribution in [0.15, 0.2) is 16.3 Å². The molecule has 1 aromatic heterocycles. The smallest absolute Gasteiger partial charge is 0.241 e. The number of rotatable bonds is 4. The average molecular weight is 261 g/mol. The van der Waals surface area contributed by atoms with Crippen molar-refractivity contribution in [2.45, 2.75) is 43.2 Å². The highest BCUT2D eigenvalue weighted by atomic mass is 32.2. The number of thiophene rings is 1. The van der Waals surface area contributed by atoms with Gasteiger partial charge in [0.1, 0.15) is 0 Å². The predicted octanol–water partition coefficient (Wildman–Crippen LogP) is 1.46. The zero-order chi connectivity index (χ0) is 11.8. The van der Waals surface area contributed by atoms with Crippen LogP contribution in [0.25, 0.3) is 0 Å². The van der Waals surface area contributed by atoms with Gasteiger partial charge in [0.05, 0.1) is 11.5 Å². The van der Waals surface area contributed by atoms with Crippen molar-refractivity contribution in [1.29, 1.82) is 0 Å². The Bertz CT molecular complexity index is 474. The van der Waals surface area contributed by atoms with Gasteiger partial charge in [-0.25, -0.2) is 13.1 Å². The molecule has 4 nitrogen and oxygen atoms in total. The van der Waals surface area contributed by atoms with E-state index >= 15 is 0 Å². The highest BCUT2D eigenvalue weighted by Gasteiger charge is 2.36. The van der Waals surface area contributed by atoms with Gasteiger partial charge in [0.15, 0.2) is 0 Å². The lowest BCUT2D eigenvalue weighted by molar-refractivity contribution is 0.248. The molecule has 0 unspecified atom stereocenters. The van der Waals surface area contributed by atoms with Gasteiger partial charge in [-0.15, -0.1) is 11.3 Å². The van der Waals surface area contributed by atoms with E-state index in [9.17, 15) is 8.42 Å². The molecule has 0 bridgehead atoms. The van der Waals surface area contributed by atoms with Crippen LogP contribution in [0.2, 0.25) is 0 Å². The van der Waals surface area contributed by atoms with Crippen LogP contribution >= 0.6 is 11.3 Å². The van der Waals surface area contributed by atoms with Gasteiger partial charge < -0.3 is 5.11 Å². The zero-order valence-electron chi connectivity index (χ0n) is 9.06. The maximum absolute atomic E-state index is 12.0. The molecule has 1 fully saturated rings. The summed E-state index contributed by atoms with van der Waals surface area (Å²) in [6.45, 7) is 1.81. The molecule has 1 aliphatic carbocycles. The van der Waals surface area contributed by atoms with Crippen LogP contribution in [0.3, 0.4) is 0 Å². The van der Waals surface area contributed by atoms with Crippen LogP contribution in [-0.2, 0) is 16.6 Å². The highest BCUT2D eigenvalue weighted by molar-refractivity contribution is 7.89. The summed E-state index contributed by atoms with van der Waals surface area (Å²) in [5, 5.41) is 10.5. The minimum atomic E-state index is -3.42. The van der Waals surface area contributed by atoms with Crippen LogP contribution in [0, 0.1) is 0 Å². The molecule has 1 heterocycles. The second-order valence-corrected chi connectivity index (χ2v) is 7.10. The van der Waals surface area contributed by atoms with E-state index in [0.717, 1.165) is 19.3 Å². The van der Waals surface area contributed by atoms with E-state index in [1.54, 1.807) is 5.38 Å². The average Bonchev–Trinajstić information content (AvgIpc) is 2.63. The van der Waals surface area contributed by atoms with E-state index < -0.39 is 10.0 Å². The molecule has 1 aromatic rings. The lowest BCUT2D eigenvalue weighted by Crippen LogP contribution is -2.50. The standard InChI is InChI=1S/C10H15NO3S2/c1-10(3-2-4-10)11-16(13,14)9-5-8(6-12)15-7-9/h5,7,11-12H,2-4,6H2,1H3. The third-order valence-corrected chi connectivity index (χ3v) is 5.62. The quantitative estimate of drug-likeness (QED) is 0.862. The van der Waals surface area contributed by atoms with Gasteiger partial charge in [-0.2, -0.15) is 0 Å². The summed E-state index contributed by atoms with van der Waals surface area (Å²) in [7, 11) is -3.42. The summed E-state index contributed by atoms with van der Waals surface area (Å²) in [5.74, 6) is 0. The first-order chi connectivity index (χ1) is 7.45. The number of sulfonamides is 1. The SMILES string of the molecule is CC1(NS(=O)(=O)c2csc(CO)c2)CCC1. The number of aliphatic hydroxyl groups is 1. The molecular weight excluding hydrogens is 246 g/mol. The molecular formula is C10H15NO3S2. The molecule has 0 radical (unpaired) electrons. The van der Waals surface area contributed by atoms with E-state index in [0.29, 0.717) is 4.88 Å². The van der Waals surface area contributed by atoms with Crippen LogP contribution in [0.5, 0.6) is 0 Å². The molecule has 0 amide bonds. The van der Waals surface area contributed by atoms with Crippen LogP contribution in [-0.4, -0.2) is 19.1 Å². The first-order valence-corrected chi connectivity index (χ1v) is 7.54. The molecule has 0 atom stereocenters. The van der Waals surface area contributed by atoms with Crippen molar-refractivity contribution < 1.29 is 13.5 Å². The van der Waals surface area contributed by atoms with E-state index in [2.05, 4.69) is 4.72 Å². The molecule has 1 saturated carbocycles. The fourth-order valence-electron chi connectivity index (χ4n) is 1.78. The summed E-state index contributed by atoms with van der Waals surface area (Å²) in [5.41, 5.74) is -0.278. The van der Waals surface area contributed by atoms with Crippen molar-refractivity contribution in [3.8, 4) is 0 Å². The minimum Gasteiger partial charge on any atom is -0.391 e. The van der Waals surface area contributed by atoms with Crippen molar-refractivity contribution >= 4 is 21.4 Å². The lowest BCUT2D eigenvalue weighted by Gasteiger charge is -2.38. The van der Waals surface area contributed by atoms with Gasteiger partial charge in [0.25, 0.3) is 0 Å². The van der Waals surface area contributed by atoms with Gasteiger partial charge in [-0.3, -0.25) is 0 Å². The topological polar surface area (TPSA) is 66.4 Å². The molecule has 90 valence electrons. The summed E-state index contributed by atoms with van der Waals surface area (Å²) in [4.78, 5) is 0.925. The molecule has 0 aromatic carbocycles. The Labute approximate surface area is 99.4 Å². The largest absolute Gasteiger partial charge is 0.391 e. The van der Waals surface area contributed by atoms with Crippen LogP contribution in [0.1, 0.15) is 31.1 Å². The van der Waals surface area contributed by atoms with Gasteiger partial charge in [-0.1, -0.05) is 0 Å². The normalized spacial score (nSPS) is 19.4. The molecule has 2 N–H and O–H groups in total. The van der Waals surface area contributed by atoms with E-state index in [1.165, 1.54) is 17.4 Å². The van der Waals surface area contributed by atoms with Gasteiger partial charge in [0.2, 0.25) is 10.0 Å². The summed E-state index contributed by atoms with van der Waals surface area (Å²) >= 11 is 1.26. The molecule has 6 heteroatoms. The van der Waals surface area contributed by atoms with E-state index in [-0.39, 0.29) is 17.0 Å². The summed E-state index contributed by atoms with van der Waals surface area (Å²) < 4.78 is 26.7. The molecule has 1 aliphatic rings. The predicted molar refractivity (Wildman–Crippen MR) is 62.8 cm³/mol. The second-order valence-electron chi connectivity index (χ2n) is 4.43. The van der Waals surface area contributed by atoms with Gasteiger partial charge in [-0.05, 0) is 32.3 Å². The third-order valence-electron chi connectivity index (χ3n) is 2.93. The maximum atomic E-state index is 12.0. The van der Waals surface area contributed by atoms with E-state index in [4.69, 9.17) is 5.11 Å². The molecule has 2 rings (SSSR count). The monoisotopic (exact) mass is 261 g/mol. The number of aliphatic hydroxyl groups excluding tert-OH is 1. The lowest BCUT2D eigenvalue weighted by atomic mass is 9.80. The zero-order valence-corrected chi connectivity index (χ0v) is 10.7. The van der Waals surface area contributed by atoms with E-state index in [1.807, 2.05) is 6.92 Å². The number of hydrogen-bond acceptors (Lipinski definition) is 4. The van der Waals surface area contributed by atoms with Crippen molar-refractivity contribution in [2.24, 2.45) is 0 Å². The van der Waals surface area contributed by atoms with Crippen molar-refractivity contribution in [1.82, 2.24) is 4.72 Å². The first kappa shape index (κ1) is 12.0. The van der Waals surface area contributed by atoms with Gasteiger partial charge >= 0.3 is 0 Å². The van der Waals surface area contributed by atoms with Crippen molar-refractivity contribution in [3.63, 3.8) is 0 Å². The van der Waals surface area contributed by atoms with Crippen LogP contribution < -0.4 is 4.72 Å². The minimum absolute atomic E-state index is 0.114. The highest BCUT2D eigenvalue weighted by Crippen LogP contribution is 2.33. The Kier molecular flexibility index (Phi) is 3.09. The Balaban J connectivity index is 2.18. The molecule has 0 aliphatic heterocycles. The maximum Gasteiger partial charge on any atom is 0.241 e. The molecule has 0 saturated heterocycles. The second kappa shape index (κ2) is 4.10. The van der Waals surface area contributed by atoms with Crippen molar-refractivity contribution in [3.05, 3.63) is 16.3 Å². The number of nitrogens with one attached hydrogen (secondary N) is 1. The van der Waals surface area contributed by atoms with Crippen LogP contribution in [0.4, 0.5) is 0 Å². The Morgan fingerprint density at radius 2 is 2.25 bits per heavy atom. The Hall–Kier alpha value is -0.430. The number of hydrogen-bond donors (Lipinski definition) is 2. The fourth-order valence-corrected chi connectivity index (χ4v) is 4.38. The molecule has 0 spiro atoms. The summed E-state index contributed by atoms with van der Waals surface area (Å²) in [6.07, 6.45) is 2.86. The Morgan fingerprint density at radius 1 is 1.56 bits per heavy atom. The fraction of sp³-hybridized carbons (Fsp3) is 0.600.